The summed E-state index contributed by atoms with van der Waals surface area (Å²) in [4.78, 5) is 0. The van der Waals surface area contributed by atoms with Gasteiger partial charge in [0.1, 0.15) is 42.9 Å². The van der Waals surface area contributed by atoms with E-state index < -0.39 is 43.4 Å². The number of nitrogens with zero attached hydrogens (tertiary/aromatic N) is 1. The molecule has 12 heteroatoms. The van der Waals surface area contributed by atoms with Crippen LogP contribution in [0.1, 0.15) is 36.6 Å². The second kappa shape index (κ2) is 13.3. The number of aliphatic hydroxyl groups excluding tert-OH is 6. The van der Waals surface area contributed by atoms with Crippen molar-refractivity contribution >= 4 is 0 Å². The third-order valence-electron chi connectivity index (χ3n) is 5.93. The first-order valence-corrected chi connectivity index (χ1v) is 12.0. The molecular weight excluding hydrogens is 474 g/mol. The third kappa shape index (κ3) is 7.14. The van der Waals surface area contributed by atoms with Gasteiger partial charge in [0.25, 0.3) is 0 Å². The molecule has 8 N–H and O–H groups in total. The zero-order valence-electron chi connectivity index (χ0n) is 20.4. The van der Waals surface area contributed by atoms with Gasteiger partial charge in [-0.15, -0.1) is 5.10 Å². The summed E-state index contributed by atoms with van der Waals surface area (Å²) in [6.07, 6.45) is -7.27. The second-order valence-corrected chi connectivity index (χ2v) is 9.10. The lowest BCUT2D eigenvalue weighted by molar-refractivity contribution is -0.278. The first-order valence-electron chi connectivity index (χ1n) is 12.0. The van der Waals surface area contributed by atoms with Crippen molar-refractivity contribution in [3.63, 3.8) is 0 Å². The zero-order chi connectivity index (χ0) is 26.2. The summed E-state index contributed by atoms with van der Waals surface area (Å²) in [5.41, 5.74) is 2.49. The van der Waals surface area contributed by atoms with Crippen LogP contribution in [0.5, 0.6) is 11.6 Å². The van der Waals surface area contributed by atoms with Crippen molar-refractivity contribution in [3.05, 3.63) is 41.1 Å². The number of hydrogen-bond acceptors (Lipinski definition) is 11. The molecule has 0 spiro atoms. The Bertz CT molecular complexity index is 922. The largest absolute Gasteiger partial charge is 0.491 e. The van der Waals surface area contributed by atoms with Gasteiger partial charge in [-0.25, -0.2) is 0 Å². The van der Waals surface area contributed by atoms with Crippen molar-refractivity contribution in [1.29, 1.82) is 0 Å². The van der Waals surface area contributed by atoms with E-state index in [4.69, 9.17) is 19.3 Å². The van der Waals surface area contributed by atoms with Gasteiger partial charge >= 0.3 is 0 Å². The fourth-order valence-corrected chi connectivity index (χ4v) is 3.89. The Hall–Kier alpha value is -2.29. The van der Waals surface area contributed by atoms with Gasteiger partial charge < -0.3 is 50.2 Å². The number of ether oxygens (including phenoxy) is 3. The van der Waals surface area contributed by atoms with E-state index in [0.717, 1.165) is 16.8 Å². The number of nitrogens with one attached hydrogen (secondary N) is 2. The van der Waals surface area contributed by atoms with E-state index in [1.807, 2.05) is 26.0 Å². The summed E-state index contributed by atoms with van der Waals surface area (Å²) in [6, 6.07) is 7.33. The van der Waals surface area contributed by atoms with Crippen molar-refractivity contribution in [3.8, 4) is 11.6 Å². The van der Waals surface area contributed by atoms with Crippen LogP contribution in [-0.2, 0) is 11.2 Å². The van der Waals surface area contributed by atoms with Crippen LogP contribution in [0.15, 0.2) is 24.3 Å². The SMILES string of the molecule is CC(C)c1[nH]nc(O[C@@H]2O[C@H](CO)[C@@H](O)[C@H](O)[C@H]2O)c1Cc1ccc(OC[C@H](O)CNCCO)cc1. The monoisotopic (exact) mass is 511 g/mol. The summed E-state index contributed by atoms with van der Waals surface area (Å²) in [5, 5.41) is 68.6. The number of aromatic amines is 1. The number of benzene rings is 1. The van der Waals surface area contributed by atoms with Crippen molar-refractivity contribution < 1.29 is 44.8 Å². The minimum atomic E-state index is -1.55. The van der Waals surface area contributed by atoms with Crippen LogP contribution in [0.3, 0.4) is 0 Å². The minimum Gasteiger partial charge on any atom is -0.491 e. The van der Waals surface area contributed by atoms with E-state index in [9.17, 15) is 25.5 Å². The molecule has 0 unspecified atom stereocenters. The van der Waals surface area contributed by atoms with Gasteiger partial charge in [0.15, 0.2) is 0 Å². The fourth-order valence-electron chi connectivity index (χ4n) is 3.89. The maximum absolute atomic E-state index is 10.3. The summed E-state index contributed by atoms with van der Waals surface area (Å²) >= 11 is 0. The molecule has 1 aromatic carbocycles. The van der Waals surface area contributed by atoms with E-state index >= 15 is 0 Å². The van der Waals surface area contributed by atoms with Crippen LogP contribution in [0.4, 0.5) is 0 Å². The molecule has 2 heterocycles. The highest BCUT2D eigenvalue weighted by Gasteiger charge is 2.45. The van der Waals surface area contributed by atoms with Crippen molar-refractivity contribution in [1.82, 2.24) is 15.5 Å². The number of rotatable bonds is 13. The van der Waals surface area contributed by atoms with Crippen LogP contribution in [0.2, 0.25) is 0 Å². The van der Waals surface area contributed by atoms with Crippen LogP contribution in [0.25, 0.3) is 0 Å². The van der Waals surface area contributed by atoms with E-state index in [1.165, 1.54) is 0 Å². The standard InChI is InChI=1S/C24H37N3O9/c1-13(2)19-17(9-14-3-5-16(6-4-14)34-12-15(30)10-25-7-8-28)23(27-26-19)36-24-22(33)21(32)20(31)18(11-29)35-24/h3-6,13,15,18,20-22,24-25,28-33H,7-12H2,1-2H3,(H,26,27)/t15-,18-,20-,21+,22-,24+/m1/s1. The Labute approximate surface area is 209 Å². The Morgan fingerprint density at radius 3 is 2.44 bits per heavy atom. The van der Waals surface area contributed by atoms with Gasteiger partial charge in [0.2, 0.25) is 12.2 Å². The van der Waals surface area contributed by atoms with Crippen molar-refractivity contribution in [2.45, 2.75) is 63.0 Å². The summed E-state index contributed by atoms with van der Waals surface area (Å²) in [5.74, 6) is 0.860. The molecule has 0 saturated carbocycles. The Balaban J connectivity index is 1.68. The van der Waals surface area contributed by atoms with Gasteiger partial charge in [-0.05, 0) is 23.6 Å². The smallest absolute Gasteiger partial charge is 0.238 e. The number of aliphatic hydroxyl groups is 6. The van der Waals surface area contributed by atoms with Crippen molar-refractivity contribution in [2.24, 2.45) is 0 Å². The highest BCUT2D eigenvalue weighted by atomic mass is 16.7. The number of aromatic nitrogens is 2. The average Bonchev–Trinajstić information content (AvgIpc) is 3.26. The Morgan fingerprint density at radius 1 is 1.08 bits per heavy atom. The Kier molecular flexibility index (Phi) is 10.5. The minimum absolute atomic E-state index is 0.000497. The predicted octanol–water partition coefficient (Wildman–Crippen LogP) is -1.38. The zero-order valence-corrected chi connectivity index (χ0v) is 20.4. The van der Waals surface area contributed by atoms with Gasteiger partial charge in [-0.1, -0.05) is 26.0 Å². The molecular formula is C24H37N3O9. The molecule has 1 fully saturated rings. The van der Waals surface area contributed by atoms with E-state index in [-0.39, 0.29) is 25.0 Å². The first kappa shape index (κ1) is 28.3. The van der Waals surface area contributed by atoms with Crippen LogP contribution < -0.4 is 14.8 Å². The third-order valence-corrected chi connectivity index (χ3v) is 5.93. The van der Waals surface area contributed by atoms with Crippen LogP contribution in [-0.4, -0.2) is 111 Å². The van der Waals surface area contributed by atoms with Gasteiger partial charge in [-0.2, -0.15) is 0 Å². The molecule has 202 valence electrons. The van der Waals surface area contributed by atoms with Crippen LogP contribution in [0, 0.1) is 0 Å². The fraction of sp³-hybridized carbons (Fsp3) is 0.625. The molecule has 6 atom stereocenters. The van der Waals surface area contributed by atoms with Gasteiger partial charge in [0, 0.05) is 30.8 Å². The van der Waals surface area contributed by atoms with Gasteiger partial charge in [0.05, 0.1) is 13.2 Å². The average molecular weight is 512 g/mol. The van der Waals surface area contributed by atoms with E-state index in [2.05, 4.69) is 15.5 Å². The van der Waals surface area contributed by atoms with E-state index in [0.29, 0.717) is 25.3 Å². The second-order valence-electron chi connectivity index (χ2n) is 9.10. The maximum atomic E-state index is 10.3. The number of H-pyrrole nitrogens is 1. The molecule has 1 aliphatic rings. The summed E-state index contributed by atoms with van der Waals surface area (Å²) in [7, 11) is 0. The lowest BCUT2D eigenvalue weighted by Crippen LogP contribution is -2.60. The lowest BCUT2D eigenvalue weighted by atomic mass is 9.98. The highest BCUT2D eigenvalue weighted by molar-refractivity contribution is 5.39. The van der Waals surface area contributed by atoms with Crippen molar-refractivity contribution in [2.75, 3.05) is 32.9 Å². The summed E-state index contributed by atoms with van der Waals surface area (Å²) < 4.78 is 16.9. The highest BCUT2D eigenvalue weighted by Crippen LogP contribution is 2.31. The molecule has 0 amide bonds. The molecule has 3 rings (SSSR count). The quantitative estimate of drug-likeness (QED) is 0.148. The molecule has 0 bridgehead atoms. The number of hydrogen-bond donors (Lipinski definition) is 8. The van der Waals surface area contributed by atoms with Gasteiger partial charge in [-0.3, -0.25) is 5.10 Å². The molecule has 2 aromatic rings. The molecule has 36 heavy (non-hydrogen) atoms. The molecule has 0 radical (unpaired) electrons. The first-order chi connectivity index (χ1) is 17.2. The molecule has 0 aliphatic carbocycles. The topological polar surface area (TPSA) is 190 Å². The van der Waals surface area contributed by atoms with Crippen LogP contribution >= 0.6 is 0 Å². The maximum Gasteiger partial charge on any atom is 0.238 e. The normalized spacial score (nSPS) is 25.2. The molecule has 1 aliphatic heterocycles. The predicted molar refractivity (Wildman–Crippen MR) is 128 cm³/mol. The Morgan fingerprint density at radius 2 is 1.81 bits per heavy atom. The van der Waals surface area contributed by atoms with E-state index in [1.54, 1.807) is 12.1 Å². The summed E-state index contributed by atoms with van der Waals surface area (Å²) in [6.45, 7) is 4.25. The molecule has 12 nitrogen and oxygen atoms in total. The molecule has 1 aromatic heterocycles. The lowest BCUT2D eigenvalue weighted by Gasteiger charge is -2.39. The molecule has 1 saturated heterocycles.